The van der Waals surface area contributed by atoms with Crippen molar-refractivity contribution in [3.63, 3.8) is 0 Å². The monoisotopic (exact) mass is 246 g/mol. The molecule has 0 spiro atoms. The molecule has 1 saturated carbocycles. The maximum absolute atomic E-state index is 3.38. The number of aromatic nitrogens is 2. The van der Waals surface area contributed by atoms with Gasteiger partial charge in [0.2, 0.25) is 6.33 Å². The van der Waals surface area contributed by atoms with Gasteiger partial charge in [0.05, 0.1) is 0 Å². The van der Waals surface area contributed by atoms with Gasteiger partial charge in [0, 0.05) is 12.5 Å². The van der Waals surface area contributed by atoms with Crippen molar-refractivity contribution in [3.05, 3.63) is 30.6 Å². The minimum absolute atomic E-state index is 0.647. The van der Waals surface area contributed by atoms with Crippen LogP contribution in [0.4, 0.5) is 0 Å². The molecule has 1 fully saturated rings. The third kappa shape index (κ3) is 2.41. The number of nitrogens with zero attached hydrogens (tertiary/aromatic N) is 1. The quantitative estimate of drug-likeness (QED) is 0.785. The van der Waals surface area contributed by atoms with E-state index in [1.807, 2.05) is 13.8 Å². The van der Waals surface area contributed by atoms with Crippen molar-refractivity contribution in [1.29, 1.82) is 0 Å². The summed E-state index contributed by atoms with van der Waals surface area (Å²) < 4.78 is 2.40. The fraction of sp³-hybridized carbons (Fsp3) is 0.533. The summed E-state index contributed by atoms with van der Waals surface area (Å²) in [7, 11) is 2.06. The fourth-order valence-corrected chi connectivity index (χ4v) is 2.80. The highest BCUT2D eigenvalue weighted by Gasteiger charge is 2.29. The molecule has 3 heteroatoms. The van der Waals surface area contributed by atoms with E-state index in [4.69, 9.17) is 0 Å². The molecule has 1 aromatic carbocycles. The Morgan fingerprint density at radius 2 is 2.00 bits per heavy atom. The van der Waals surface area contributed by atoms with Crippen molar-refractivity contribution in [2.24, 2.45) is 0 Å². The van der Waals surface area contributed by atoms with Gasteiger partial charge in [0.25, 0.3) is 0 Å². The molecule has 0 aliphatic heterocycles. The molecule has 0 saturated heterocycles. The summed E-state index contributed by atoms with van der Waals surface area (Å²) in [6.07, 6.45) is 5.92. The van der Waals surface area contributed by atoms with Crippen LogP contribution in [0.25, 0.3) is 11.0 Å². The van der Waals surface area contributed by atoms with E-state index in [2.05, 4.69) is 52.5 Å². The van der Waals surface area contributed by atoms with Gasteiger partial charge in [-0.1, -0.05) is 26.0 Å². The van der Waals surface area contributed by atoms with Gasteiger partial charge in [0.1, 0.15) is 6.04 Å². The summed E-state index contributed by atoms with van der Waals surface area (Å²) in [5.41, 5.74) is 2.56. The normalized spacial score (nSPS) is 22.8. The first-order chi connectivity index (χ1) is 8.88. The van der Waals surface area contributed by atoms with Crippen molar-refractivity contribution in [2.45, 2.75) is 45.2 Å². The summed E-state index contributed by atoms with van der Waals surface area (Å²) in [4.78, 5) is 3.34. The summed E-state index contributed by atoms with van der Waals surface area (Å²) >= 11 is 0. The standard InChI is InChI=1S/C13H17N3.C2H6/c1-14-10-6-7-11(8-10)16-9-15-12-4-2-3-5-13(12)16;1-2/h2-5,9-11,14H,6-8H2,1H3;1-2H3/p+1. The average molecular weight is 246 g/mol. The van der Waals surface area contributed by atoms with Crippen molar-refractivity contribution in [2.75, 3.05) is 7.05 Å². The molecule has 0 bridgehead atoms. The Labute approximate surface area is 109 Å². The molecule has 1 aromatic heterocycles. The molecular formula is C15H24N3+. The number of hydrogen-bond donors (Lipinski definition) is 2. The number of nitrogens with one attached hydrogen (secondary N) is 2. The molecule has 3 nitrogen and oxygen atoms in total. The van der Waals surface area contributed by atoms with E-state index in [1.54, 1.807) is 0 Å². The van der Waals surface area contributed by atoms with Gasteiger partial charge in [-0.05, 0) is 32.0 Å². The van der Waals surface area contributed by atoms with Crippen molar-refractivity contribution < 1.29 is 4.57 Å². The number of hydrogen-bond acceptors (Lipinski definition) is 1. The number of fused-ring (bicyclic) bond motifs is 1. The first kappa shape index (κ1) is 13.1. The molecule has 2 N–H and O–H groups in total. The van der Waals surface area contributed by atoms with Crippen LogP contribution < -0.4 is 9.88 Å². The Hall–Kier alpha value is -1.35. The molecule has 1 aliphatic rings. The topological polar surface area (TPSA) is 31.7 Å². The largest absolute Gasteiger partial charge is 0.317 e. The van der Waals surface area contributed by atoms with E-state index in [0.29, 0.717) is 12.1 Å². The van der Waals surface area contributed by atoms with E-state index < -0.39 is 0 Å². The zero-order valence-corrected chi connectivity index (χ0v) is 11.6. The lowest BCUT2D eigenvalue weighted by molar-refractivity contribution is -0.697. The van der Waals surface area contributed by atoms with Gasteiger partial charge in [-0.2, -0.15) is 0 Å². The minimum Gasteiger partial charge on any atom is -0.317 e. The maximum Gasteiger partial charge on any atom is 0.242 e. The fourth-order valence-electron chi connectivity index (χ4n) is 2.80. The number of aromatic amines is 1. The van der Waals surface area contributed by atoms with Crippen molar-refractivity contribution in [3.8, 4) is 0 Å². The lowest BCUT2D eigenvalue weighted by atomic mass is 10.2. The van der Waals surface area contributed by atoms with Gasteiger partial charge in [0.15, 0.2) is 11.0 Å². The Balaban J connectivity index is 0.000000574. The highest BCUT2D eigenvalue weighted by molar-refractivity contribution is 5.70. The maximum atomic E-state index is 3.38. The van der Waals surface area contributed by atoms with Crippen LogP contribution in [-0.4, -0.2) is 18.1 Å². The summed E-state index contributed by atoms with van der Waals surface area (Å²) in [6.45, 7) is 4.00. The van der Waals surface area contributed by atoms with Crippen LogP contribution in [0, 0.1) is 0 Å². The van der Waals surface area contributed by atoms with Crippen molar-refractivity contribution >= 4 is 11.0 Å². The SMILES string of the molecule is CC.CNC1CCC([n+]2c[nH]c3ccccc32)C1. The Bertz CT molecular complexity index is 489. The molecule has 98 valence electrons. The first-order valence-corrected chi connectivity index (χ1v) is 7.03. The molecule has 3 rings (SSSR count). The van der Waals surface area contributed by atoms with Gasteiger partial charge in [-0.25, -0.2) is 9.55 Å². The summed E-state index contributed by atoms with van der Waals surface area (Å²) in [6, 6.07) is 9.85. The number of benzene rings is 1. The summed E-state index contributed by atoms with van der Waals surface area (Å²) in [5, 5.41) is 3.38. The molecule has 2 aromatic rings. The molecule has 1 aliphatic carbocycles. The predicted molar refractivity (Wildman–Crippen MR) is 75.6 cm³/mol. The highest BCUT2D eigenvalue weighted by atomic mass is 15.1. The smallest absolute Gasteiger partial charge is 0.242 e. The predicted octanol–water partition coefficient (Wildman–Crippen LogP) is 2.79. The zero-order chi connectivity index (χ0) is 13.0. The van der Waals surface area contributed by atoms with Crippen LogP contribution in [-0.2, 0) is 0 Å². The van der Waals surface area contributed by atoms with Crippen molar-refractivity contribution in [1.82, 2.24) is 10.3 Å². The summed E-state index contributed by atoms with van der Waals surface area (Å²) in [5.74, 6) is 0. The average Bonchev–Trinajstić information content (AvgIpc) is 3.07. The van der Waals surface area contributed by atoms with Crippen LogP contribution in [0.1, 0.15) is 39.2 Å². The van der Waals surface area contributed by atoms with Gasteiger partial charge in [-0.3, -0.25) is 0 Å². The molecule has 0 amide bonds. The van der Waals surface area contributed by atoms with E-state index >= 15 is 0 Å². The molecule has 18 heavy (non-hydrogen) atoms. The van der Waals surface area contributed by atoms with Crippen LogP contribution >= 0.6 is 0 Å². The molecule has 2 unspecified atom stereocenters. The third-order valence-corrected chi connectivity index (χ3v) is 3.75. The van der Waals surface area contributed by atoms with Crippen LogP contribution in [0.15, 0.2) is 30.6 Å². The lowest BCUT2D eigenvalue weighted by Gasteiger charge is -2.08. The zero-order valence-electron chi connectivity index (χ0n) is 11.6. The van der Waals surface area contributed by atoms with Crippen LogP contribution in [0.3, 0.4) is 0 Å². The Morgan fingerprint density at radius 3 is 2.72 bits per heavy atom. The van der Waals surface area contributed by atoms with E-state index in [0.717, 1.165) is 0 Å². The molecule has 1 heterocycles. The van der Waals surface area contributed by atoms with Gasteiger partial charge >= 0.3 is 0 Å². The Morgan fingerprint density at radius 1 is 1.22 bits per heavy atom. The first-order valence-electron chi connectivity index (χ1n) is 7.03. The highest BCUT2D eigenvalue weighted by Crippen LogP contribution is 2.26. The molecule has 2 atom stereocenters. The minimum atomic E-state index is 0.647. The van der Waals surface area contributed by atoms with E-state index in [-0.39, 0.29) is 0 Å². The molecule has 0 radical (unpaired) electrons. The van der Waals surface area contributed by atoms with Gasteiger partial charge in [-0.15, -0.1) is 0 Å². The van der Waals surface area contributed by atoms with Crippen LogP contribution in [0.2, 0.25) is 0 Å². The van der Waals surface area contributed by atoms with Gasteiger partial charge < -0.3 is 5.32 Å². The number of imidazole rings is 1. The second kappa shape index (κ2) is 6.01. The number of H-pyrrole nitrogens is 1. The Kier molecular flexibility index (Phi) is 4.37. The second-order valence-corrected chi connectivity index (χ2v) is 4.65. The molecular weight excluding hydrogens is 222 g/mol. The third-order valence-electron chi connectivity index (χ3n) is 3.75. The van der Waals surface area contributed by atoms with Crippen LogP contribution in [0.5, 0.6) is 0 Å². The van der Waals surface area contributed by atoms with E-state index in [1.165, 1.54) is 30.3 Å². The number of rotatable bonds is 2. The number of para-hydroxylation sites is 2. The lowest BCUT2D eigenvalue weighted by Crippen LogP contribution is -2.37. The van der Waals surface area contributed by atoms with E-state index in [9.17, 15) is 0 Å². The second-order valence-electron chi connectivity index (χ2n) is 4.65.